The second-order valence-corrected chi connectivity index (χ2v) is 20.8. The zero-order valence-corrected chi connectivity index (χ0v) is 41.3. The SMILES string of the molecule is Cn1c(=O)oc2ccc(-c3[nH]nc4nc(N5CC[C@@H]6[C@H](C5)[C@@]6(CN)c5ccccc5F)cnc34)cc21.NC[C@]1(c2ccccc2F)[C@@H]2CCN(c3nc4ncc(Sc5ccnc(-n6cccn6)c5Cl)nc4[nH]3)C[C@@H]21. The number of nitrogens with two attached hydrogens (primary N) is 2. The van der Waals surface area contributed by atoms with Crippen molar-refractivity contribution < 1.29 is 13.2 Å². The van der Waals surface area contributed by atoms with Crippen LogP contribution in [-0.4, -0.2) is 98.7 Å². The van der Waals surface area contributed by atoms with Crippen molar-refractivity contribution in [1.82, 2.24) is 59.4 Å². The van der Waals surface area contributed by atoms with Crippen LogP contribution in [0.4, 0.5) is 20.5 Å². The summed E-state index contributed by atoms with van der Waals surface area (Å²) in [7, 11) is 1.67. The van der Waals surface area contributed by atoms with Crippen molar-refractivity contribution in [2.45, 2.75) is 33.6 Å². The highest BCUT2D eigenvalue weighted by molar-refractivity contribution is 7.99. The van der Waals surface area contributed by atoms with Gasteiger partial charge in [0.2, 0.25) is 11.6 Å². The first-order valence-electron chi connectivity index (χ1n) is 24.4. The Hall–Kier alpha value is -7.59. The zero-order valence-electron chi connectivity index (χ0n) is 39.7. The molecule has 0 unspecified atom stereocenters. The molecule has 3 aromatic carbocycles. The van der Waals surface area contributed by atoms with E-state index in [1.54, 1.807) is 60.9 Å². The number of pyridine rings is 1. The van der Waals surface area contributed by atoms with Gasteiger partial charge in [-0.1, -0.05) is 59.8 Å². The number of benzene rings is 3. The quantitative estimate of drug-likeness (QED) is 0.106. The molecule has 6 atom stereocenters. The predicted octanol–water partition coefficient (Wildman–Crippen LogP) is 7.19. The fourth-order valence-electron chi connectivity index (χ4n) is 12.2. The lowest BCUT2D eigenvalue weighted by Gasteiger charge is -2.26. The Labute approximate surface area is 429 Å². The normalized spacial score (nSPS) is 22.9. The van der Waals surface area contributed by atoms with Crippen molar-refractivity contribution >= 4 is 68.7 Å². The number of anilines is 2. The fraction of sp³-hybridized carbons (Fsp3) is 0.288. The fourth-order valence-corrected chi connectivity index (χ4v) is 13.3. The number of halogens is 3. The maximum Gasteiger partial charge on any atom is 0.419 e. The van der Waals surface area contributed by atoms with Crippen LogP contribution >= 0.6 is 23.4 Å². The van der Waals surface area contributed by atoms with Gasteiger partial charge in [0.05, 0.1) is 28.6 Å². The molecule has 10 aromatic rings. The van der Waals surface area contributed by atoms with Crippen LogP contribution in [0.5, 0.6) is 0 Å². The lowest BCUT2D eigenvalue weighted by molar-refractivity contribution is 0.528. The highest BCUT2D eigenvalue weighted by Crippen LogP contribution is 2.64. The molecule has 14 rings (SSSR count). The topological polar surface area (TPSA) is 233 Å². The van der Waals surface area contributed by atoms with Crippen molar-refractivity contribution in [3.05, 3.63) is 148 Å². The molecule has 0 amide bonds. The van der Waals surface area contributed by atoms with Gasteiger partial charge in [-0.05, 0) is 90.1 Å². The maximum absolute atomic E-state index is 14.7. The van der Waals surface area contributed by atoms with Gasteiger partial charge in [-0.25, -0.2) is 43.2 Å². The average Bonchev–Trinajstić information content (AvgIpc) is 3.78. The molecular formula is C52H47ClF2N16O2S. The first-order chi connectivity index (χ1) is 36.1. The molecule has 7 aromatic heterocycles. The van der Waals surface area contributed by atoms with E-state index in [1.807, 2.05) is 48.5 Å². The molecule has 0 radical (unpaired) electrons. The van der Waals surface area contributed by atoms with E-state index < -0.39 is 5.76 Å². The number of hydrogen-bond acceptors (Lipinski definition) is 15. The number of oxazole rings is 1. The Kier molecular flexibility index (Phi) is 11.1. The standard InChI is InChI=1S/C26H23ClFN9S.C26H24FN7O2/c27-21-19(6-9-30-24(21)37-10-3-8-32-37)38-20-12-31-22-23(33-20)35-25(34-22)36-11-7-15-17(13-36)26(15,14-29)16-4-1-2-5-18(16)28;1-33-19-10-14(6-7-20(19)36-25(33)35)22-23-24(32-31-22)30-21(11-29-23)34-9-8-15-17(12-34)26(15,13-28)16-4-2-3-5-18(16)27/h1-6,8-10,12,15,17H,7,11,13-14,29H2,(H,31,33,34,35);2-7,10-11,15,17H,8-9,12-13,28H2,1H3,(H,30,31,32)/t2*15-,17+,26-/m11/s1. The number of hydrogen-bond donors (Lipinski definition) is 4. The number of aromatic nitrogens is 12. The summed E-state index contributed by atoms with van der Waals surface area (Å²) in [5.41, 5.74) is 18.4. The second-order valence-electron chi connectivity index (χ2n) is 19.4. The van der Waals surface area contributed by atoms with Crippen LogP contribution in [0.15, 0.2) is 129 Å². The summed E-state index contributed by atoms with van der Waals surface area (Å²) in [4.78, 5) is 48.2. The lowest BCUT2D eigenvalue weighted by atomic mass is 9.91. The van der Waals surface area contributed by atoms with Gasteiger partial charge in [0.1, 0.15) is 28.0 Å². The highest BCUT2D eigenvalue weighted by Gasteiger charge is 2.67. The van der Waals surface area contributed by atoms with Crippen molar-refractivity contribution in [1.29, 1.82) is 0 Å². The Bertz CT molecular complexity index is 3850. The van der Waals surface area contributed by atoms with Gasteiger partial charge < -0.3 is 30.7 Å². The molecule has 374 valence electrons. The molecule has 0 bridgehead atoms. The third-order valence-electron chi connectivity index (χ3n) is 16.0. The van der Waals surface area contributed by atoms with Crippen molar-refractivity contribution in [2.24, 2.45) is 42.2 Å². The van der Waals surface area contributed by atoms with Gasteiger partial charge in [-0.2, -0.15) is 15.2 Å². The molecule has 74 heavy (non-hydrogen) atoms. The van der Waals surface area contributed by atoms with Gasteiger partial charge in [-0.3, -0.25) is 9.67 Å². The van der Waals surface area contributed by atoms with Crippen LogP contribution in [0, 0.1) is 35.3 Å². The summed E-state index contributed by atoms with van der Waals surface area (Å²) >= 11 is 8.03. The van der Waals surface area contributed by atoms with Gasteiger partial charge in [0, 0.05) is 86.2 Å². The molecular weight excluding hydrogens is 986 g/mol. The van der Waals surface area contributed by atoms with Crippen molar-refractivity contribution in [3.63, 3.8) is 0 Å². The Morgan fingerprint density at radius 2 is 1.53 bits per heavy atom. The number of nitrogens with one attached hydrogen (secondary N) is 2. The summed E-state index contributed by atoms with van der Waals surface area (Å²) < 4.78 is 37.7. The second kappa shape index (κ2) is 17.8. The minimum Gasteiger partial charge on any atom is -0.408 e. The summed E-state index contributed by atoms with van der Waals surface area (Å²) in [5.74, 6) is 2.55. The first kappa shape index (κ1) is 46.2. The Morgan fingerprint density at radius 1 is 0.811 bits per heavy atom. The van der Waals surface area contributed by atoms with E-state index in [0.29, 0.717) is 74.3 Å². The number of aromatic amines is 2. The Morgan fingerprint density at radius 3 is 2.23 bits per heavy atom. The number of rotatable bonds is 10. The number of fused-ring (bicyclic) bond motifs is 5. The summed E-state index contributed by atoms with van der Waals surface area (Å²) in [5, 5.41) is 12.8. The van der Waals surface area contributed by atoms with Crippen LogP contribution in [0.25, 0.3) is 50.6 Å². The largest absolute Gasteiger partial charge is 0.419 e. The van der Waals surface area contributed by atoms with Crippen LogP contribution in [0.2, 0.25) is 5.02 Å². The van der Waals surface area contributed by atoms with E-state index in [9.17, 15) is 13.6 Å². The molecule has 4 fully saturated rings. The molecule has 2 saturated heterocycles. The third kappa shape index (κ3) is 7.37. The van der Waals surface area contributed by atoms with E-state index in [2.05, 4.69) is 40.0 Å². The summed E-state index contributed by atoms with van der Waals surface area (Å²) in [6.45, 7) is 3.97. The van der Waals surface area contributed by atoms with Gasteiger partial charge >= 0.3 is 5.76 Å². The molecule has 9 heterocycles. The molecule has 6 N–H and O–H groups in total. The summed E-state index contributed by atoms with van der Waals surface area (Å²) in [6.07, 6.45) is 10.5. The first-order valence-corrected chi connectivity index (χ1v) is 25.5. The van der Waals surface area contributed by atoms with Crippen LogP contribution in [-0.2, 0) is 17.9 Å². The third-order valence-corrected chi connectivity index (χ3v) is 17.4. The number of imidazole rings is 1. The molecule has 18 nitrogen and oxygen atoms in total. The van der Waals surface area contributed by atoms with E-state index in [1.165, 1.54) is 28.5 Å². The minimum atomic E-state index is -0.408. The number of piperidine rings is 2. The maximum atomic E-state index is 14.7. The number of aryl methyl sites for hydroxylation is 1. The molecule has 22 heteroatoms. The lowest BCUT2D eigenvalue weighted by Crippen LogP contribution is -2.32. The monoisotopic (exact) mass is 1030 g/mol. The van der Waals surface area contributed by atoms with E-state index >= 15 is 0 Å². The molecule has 2 aliphatic carbocycles. The van der Waals surface area contributed by atoms with Crippen LogP contribution in [0.3, 0.4) is 0 Å². The highest BCUT2D eigenvalue weighted by atomic mass is 35.5. The van der Waals surface area contributed by atoms with E-state index in [4.69, 9.17) is 47.4 Å². The van der Waals surface area contributed by atoms with Crippen LogP contribution < -0.4 is 27.0 Å². The molecule has 4 aliphatic rings. The molecule has 2 aliphatic heterocycles. The van der Waals surface area contributed by atoms with Gasteiger partial charge in [-0.15, -0.1) is 0 Å². The van der Waals surface area contributed by atoms with E-state index in [-0.39, 0.29) is 34.3 Å². The number of nitrogens with zero attached hydrogens (tertiary/aromatic N) is 12. The van der Waals surface area contributed by atoms with Gasteiger partial charge in [0.25, 0.3) is 0 Å². The van der Waals surface area contributed by atoms with Gasteiger partial charge in [0.15, 0.2) is 22.7 Å². The molecule has 2 saturated carbocycles. The van der Waals surface area contributed by atoms with Crippen molar-refractivity contribution in [3.8, 4) is 17.1 Å². The van der Waals surface area contributed by atoms with Crippen LogP contribution in [0.1, 0.15) is 24.0 Å². The smallest absolute Gasteiger partial charge is 0.408 e. The molecule has 0 spiro atoms. The number of H-pyrrole nitrogens is 2. The minimum absolute atomic E-state index is 0.174. The van der Waals surface area contributed by atoms with Crippen molar-refractivity contribution in [2.75, 3.05) is 49.1 Å². The summed E-state index contributed by atoms with van der Waals surface area (Å²) in [6, 6.07) is 23.2. The average molecular weight is 1030 g/mol. The zero-order chi connectivity index (χ0) is 50.5. The predicted molar refractivity (Wildman–Crippen MR) is 276 cm³/mol. The Balaban J connectivity index is 0.000000143. The van der Waals surface area contributed by atoms with E-state index in [0.717, 1.165) is 78.1 Å².